The van der Waals surface area contributed by atoms with E-state index in [4.69, 9.17) is 0 Å². The number of carbonyl (C=O) groups excluding carboxylic acids is 2. The van der Waals surface area contributed by atoms with Gasteiger partial charge in [-0.15, -0.1) is 0 Å². The molecule has 0 heterocycles. The standard InChI is InChI=1S/C47H56N2O4/c1-33-13-12-27-46(2)43(41-25-23-34(29-39(50)24-22-33)30-42(41)44(51)36-15-5-3-6-16-36)26-28-47(46,53)32-49(45(52)48-38-19-7-4-8-20-38)31-37-18-11-17-35-14-9-10-21-40(35)37/h4,7-11,13-14,17-21,23,25,30,36,39,43,50,53H,3,5-6,12,15-16,22,24,26-29,31-32H2,1-2H3,(H,48,52)/t39-,43-,46-,47+/m0/s1. The average Bonchev–Trinajstić information content (AvgIpc) is 3.42. The summed E-state index contributed by atoms with van der Waals surface area (Å²) >= 11 is 0. The van der Waals surface area contributed by atoms with Gasteiger partial charge in [-0.3, -0.25) is 4.79 Å². The molecule has 0 saturated heterocycles. The maximum absolute atomic E-state index is 14.5. The molecule has 4 aliphatic carbocycles. The third-order valence-electron chi connectivity index (χ3n) is 12.9. The van der Waals surface area contributed by atoms with Crippen LogP contribution in [0.1, 0.15) is 117 Å². The molecule has 53 heavy (non-hydrogen) atoms. The number of fused-ring (bicyclic) bond motifs is 9. The fourth-order valence-corrected chi connectivity index (χ4v) is 9.67. The minimum atomic E-state index is -1.23. The van der Waals surface area contributed by atoms with Crippen molar-refractivity contribution in [2.75, 3.05) is 11.9 Å². The number of amides is 2. The lowest BCUT2D eigenvalue weighted by atomic mass is 9.64. The first-order chi connectivity index (χ1) is 25.6. The first-order valence-electron chi connectivity index (χ1n) is 19.9. The van der Waals surface area contributed by atoms with Crippen molar-refractivity contribution in [3.05, 3.63) is 125 Å². The lowest BCUT2D eigenvalue weighted by molar-refractivity contribution is -0.0773. The third kappa shape index (κ3) is 8.00. The zero-order valence-electron chi connectivity index (χ0n) is 31.5. The van der Waals surface area contributed by atoms with Gasteiger partial charge >= 0.3 is 6.03 Å². The number of Topliss-reactive ketones (excluding diaryl/α,β-unsaturated/α-hetero) is 1. The number of anilines is 1. The van der Waals surface area contributed by atoms with Crippen molar-refractivity contribution in [3.8, 4) is 0 Å². The molecular weight excluding hydrogens is 657 g/mol. The van der Waals surface area contributed by atoms with Crippen LogP contribution >= 0.6 is 0 Å². The van der Waals surface area contributed by atoms with Gasteiger partial charge in [-0.1, -0.05) is 111 Å². The monoisotopic (exact) mass is 712 g/mol. The highest BCUT2D eigenvalue weighted by Gasteiger charge is 2.57. The van der Waals surface area contributed by atoms with Crippen LogP contribution in [0.15, 0.2) is 103 Å². The molecule has 2 bridgehead atoms. The summed E-state index contributed by atoms with van der Waals surface area (Å²) in [5.41, 5.74) is 3.90. The van der Waals surface area contributed by atoms with E-state index in [2.05, 4.69) is 67.7 Å². The second kappa shape index (κ2) is 16.0. The van der Waals surface area contributed by atoms with Gasteiger partial charge in [0, 0.05) is 29.1 Å². The fourth-order valence-electron chi connectivity index (χ4n) is 9.67. The number of hydrogen-bond donors (Lipinski definition) is 3. The molecule has 0 aromatic heterocycles. The van der Waals surface area contributed by atoms with Gasteiger partial charge in [0.15, 0.2) is 5.78 Å². The van der Waals surface area contributed by atoms with Crippen molar-refractivity contribution in [1.82, 2.24) is 4.90 Å². The second-order valence-corrected chi connectivity index (χ2v) is 16.4. The maximum Gasteiger partial charge on any atom is 0.322 e. The Kier molecular flexibility index (Phi) is 11.2. The Morgan fingerprint density at radius 2 is 1.62 bits per heavy atom. The molecule has 4 aromatic rings. The molecule has 4 aliphatic rings. The van der Waals surface area contributed by atoms with Gasteiger partial charge in [-0.2, -0.15) is 0 Å². The van der Waals surface area contributed by atoms with Gasteiger partial charge in [-0.25, -0.2) is 4.79 Å². The molecule has 4 aromatic carbocycles. The molecule has 6 nitrogen and oxygen atoms in total. The normalized spacial score (nSPS) is 25.3. The number of aliphatic hydroxyl groups is 2. The summed E-state index contributed by atoms with van der Waals surface area (Å²) in [4.78, 5) is 30.6. The Morgan fingerprint density at radius 1 is 0.868 bits per heavy atom. The van der Waals surface area contributed by atoms with Gasteiger partial charge in [0.25, 0.3) is 0 Å². The predicted molar refractivity (Wildman–Crippen MR) is 214 cm³/mol. The van der Waals surface area contributed by atoms with Crippen molar-refractivity contribution in [1.29, 1.82) is 0 Å². The number of nitrogens with zero attached hydrogens (tertiary/aromatic N) is 1. The van der Waals surface area contributed by atoms with E-state index in [1.165, 1.54) is 12.0 Å². The first kappa shape index (κ1) is 37.1. The van der Waals surface area contributed by atoms with Crippen LogP contribution in [0.4, 0.5) is 10.5 Å². The zero-order valence-corrected chi connectivity index (χ0v) is 31.5. The van der Waals surface area contributed by atoms with Crippen LogP contribution in [-0.2, 0) is 13.0 Å². The van der Waals surface area contributed by atoms with Crippen molar-refractivity contribution in [2.24, 2.45) is 11.3 Å². The van der Waals surface area contributed by atoms with Crippen LogP contribution in [0.25, 0.3) is 10.8 Å². The summed E-state index contributed by atoms with van der Waals surface area (Å²) in [6.45, 7) is 4.83. The Bertz CT molecular complexity index is 1940. The highest BCUT2D eigenvalue weighted by molar-refractivity contribution is 5.99. The topological polar surface area (TPSA) is 89.9 Å². The van der Waals surface area contributed by atoms with Gasteiger partial charge < -0.3 is 20.4 Å². The van der Waals surface area contributed by atoms with E-state index in [0.29, 0.717) is 44.3 Å². The second-order valence-electron chi connectivity index (χ2n) is 16.4. The lowest BCUT2D eigenvalue weighted by Gasteiger charge is -2.46. The summed E-state index contributed by atoms with van der Waals surface area (Å²) in [6, 6.07) is 30.0. The SMILES string of the molecule is CC1=CCC[C@@]2(C)[C@@H](CC[C@@]2(O)CN(Cc2cccc3ccccc23)C(=O)Nc2ccccc2)c2ccc(cc2C(=O)C2CCCCC2)C[C@@H](O)CC1. The third-order valence-corrected chi connectivity index (χ3v) is 12.9. The van der Waals surface area contributed by atoms with Crippen LogP contribution in [0.2, 0.25) is 0 Å². The maximum atomic E-state index is 14.5. The number of allylic oxidation sites excluding steroid dienone is 2. The molecular formula is C47H56N2O4. The Hall–Kier alpha value is -4.26. The number of ketones is 1. The number of hydrogen-bond acceptors (Lipinski definition) is 4. The quantitative estimate of drug-likeness (QED) is 0.131. The largest absolute Gasteiger partial charge is 0.393 e. The molecule has 0 radical (unpaired) electrons. The molecule has 8 rings (SSSR count). The lowest BCUT2D eigenvalue weighted by Crippen LogP contribution is -2.54. The van der Waals surface area contributed by atoms with Gasteiger partial charge in [0.05, 0.1) is 18.2 Å². The van der Waals surface area contributed by atoms with E-state index in [-0.39, 0.29) is 30.2 Å². The van der Waals surface area contributed by atoms with Crippen molar-refractivity contribution >= 4 is 28.3 Å². The van der Waals surface area contributed by atoms with Crippen LogP contribution < -0.4 is 5.32 Å². The molecule has 278 valence electrons. The van der Waals surface area contributed by atoms with Crippen LogP contribution in [-0.4, -0.2) is 45.2 Å². The van der Waals surface area contributed by atoms with Crippen molar-refractivity contribution in [3.63, 3.8) is 0 Å². The Morgan fingerprint density at radius 3 is 2.43 bits per heavy atom. The number of para-hydroxylation sites is 1. The number of rotatable bonds is 7. The number of benzene rings is 4. The molecule has 4 atom stereocenters. The van der Waals surface area contributed by atoms with Gasteiger partial charge in [0.1, 0.15) is 0 Å². The summed E-state index contributed by atoms with van der Waals surface area (Å²) in [7, 11) is 0. The molecule has 0 unspecified atom stereocenters. The molecule has 2 amide bonds. The highest BCUT2D eigenvalue weighted by Crippen LogP contribution is 2.59. The zero-order chi connectivity index (χ0) is 37.0. The summed E-state index contributed by atoms with van der Waals surface area (Å²) in [5.74, 6) is 0.148. The minimum absolute atomic E-state index is 0.0107. The molecule has 6 heteroatoms. The number of urea groups is 1. The molecule has 2 fully saturated rings. The van der Waals surface area contributed by atoms with E-state index in [1.807, 2.05) is 48.5 Å². The average molecular weight is 713 g/mol. The molecule has 3 N–H and O–H groups in total. The van der Waals surface area contributed by atoms with E-state index in [0.717, 1.165) is 71.6 Å². The number of aliphatic hydroxyl groups excluding tert-OH is 1. The summed E-state index contributed by atoms with van der Waals surface area (Å²) in [6.07, 6.45) is 11.6. The van der Waals surface area contributed by atoms with Crippen LogP contribution in [0.3, 0.4) is 0 Å². The van der Waals surface area contributed by atoms with E-state index in [1.54, 1.807) is 4.90 Å². The number of carbonyl (C=O) groups is 2. The first-order valence-corrected chi connectivity index (χ1v) is 19.9. The van der Waals surface area contributed by atoms with Gasteiger partial charge in [0.2, 0.25) is 0 Å². The summed E-state index contributed by atoms with van der Waals surface area (Å²) in [5, 5.41) is 29.5. The van der Waals surface area contributed by atoms with Crippen LogP contribution in [0.5, 0.6) is 0 Å². The Labute approximate surface area is 315 Å². The number of nitrogens with one attached hydrogen (secondary N) is 1. The Balaban J connectivity index is 1.29. The molecule has 0 spiro atoms. The molecule has 2 saturated carbocycles. The summed E-state index contributed by atoms with van der Waals surface area (Å²) < 4.78 is 0. The van der Waals surface area contributed by atoms with Crippen molar-refractivity contribution in [2.45, 2.75) is 115 Å². The minimum Gasteiger partial charge on any atom is -0.393 e. The van der Waals surface area contributed by atoms with Gasteiger partial charge in [-0.05, 0) is 116 Å². The van der Waals surface area contributed by atoms with Crippen molar-refractivity contribution < 1.29 is 19.8 Å². The van der Waals surface area contributed by atoms with E-state index >= 15 is 0 Å². The smallest absolute Gasteiger partial charge is 0.322 e. The van der Waals surface area contributed by atoms with E-state index < -0.39 is 17.1 Å². The molecule has 0 aliphatic heterocycles. The van der Waals surface area contributed by atoms with Crippen LogP contribution in [0, 0.1) is 11.3 Å². The fraction of sp³-hybridized carbons (Fsp3) is 0.447. The predicted octanol–water partition coefficient (Wildman–Crippen LogP) is 10.4. The highest BCUT2D eigenvalue weighted by atomic mass is 16.3. The van der Waals surface area contributed by atoms with E-state index in [9.17, 15) is 19.8 Å².